The van der Waals surface area contributed by atoms with E-state index in [4.69, 9.17) is 4.74 Å². The second kappa shape index (κ2) is 10.1. The van der Waals surface area contributed by atoms with Gasteiger partial charge >= 0.3 is 5.97 Å². The molecule has 3 rings (SSSR count). The Morgan fingerprint density at radius 3 is 2.03 bits per heavy atom. The molecule has 0 aliphatic carbocycles. The Labute approximate surface area is 170 Å². The van der Waals surface area contributed by atoms with E-state index in [1.807, 2.05) is 60.7 Å². The minimum absolute atomic E-state index is 0.0409. The van der Waals surface area contributed by atoms with Crippen LogP contribution in [0, 0.1) is 0 Å². The van der Waals surface area contributed by atoms with Crippen molar-refractivity contribution in [2.75, 3.05) is 13.2 Å². The summed E-state index contributed by atoms with van der Waals surface area (Å²) in [5.41, 5.74) is 2.22. The van der Waals surface area contributed by atoms with Crippen molar-refractivity contribution >= 4 is 11.9 Å². The number of carbonyl (C=O) groups excluding carboxylic acids is 1. The van der Waals surface area contributed by atoms with Crippen LogP contribution in [0.25, 0.3) is 0 Å². The summed E-state index contributed by atoms with van der Waals surface area (Å²) in [6.07, 6.45) is 0.727. The van der Waals surface area contributed by atoms with Gasteiger partial charge in [0.05, 0.1) is 0 Å². The van der Waals surface area contributed by atoms with Gasteiger partial charge in [-0.3, -0.25) is 4.79 Å². The highest BCUT2D eigenvalue weighted by Gasteiger charge is 2.17. The Hall–Kier alpha value is -3.60. The van der Waals surface area contributed by atoms with Crippen molar-refractivity contribution < 1.29 is 19.4 Å². The first kappa shape index (κ1) is 20.1. The molecule has 0 unspecified atom stereocenters. The minimum Gasteiger partial charge on any atom is -0.483 e. The average Bonchev–Trinajstić information content (AvgIpc) is 2.76. The van der Waals surface area contributed by atoms with Gasteiger partial charge in [0.1, 0.15) is 11.3 Å². The van der Waals surface area contributed by atoms with Crippen LogP contribution in [0.5, 0.6) is 5.75 Å². The second-order valence-electron chi connectivity index (χ2n) is 6.63. The van der Waals surface area contributed by atoms with Crippen molar-refractivity contribution in [2.24, 2.45) is 0 Å². The third-order valence-electron chi connectivity index (χ3n) is 4.55. The first-order chi connectivity index (χ1) is 14.1. The molecule has 0 heterocycles. The highest BCUT2D eigenvalue weighted by Crippen LogP contribution is 2.18. The van der Waals surface area contributed by atoms with E-state index in [0.29, 0.717) is 13.1 Å². The van der Waals surface area contributed by atoms with Gasteiger partial charge in [0.15, 0.2) is 6.61 Å². The summed E-state index contributed by atoms with van der Waals surface area (Å²) in [7, 11) is 0. The van der Waals surface area contributed by atoms with E-state index in [9.17, 15) is 14.7 Å². The van der Waals surface area contributed by atoms with Crippen LogP contribution in [-0.4, -0.2) is 35.0 Å². The molecule has 0 spiro atoms. The molecule has 0 saturated carbocycles. The Balaban J connectivity index is 1.69. The van der Waals surface area contributed by atoms with Gasteiger partial charge in [-0.1, -0.05) is 72.8 Å². The third-order valence-corrected chi connectivity index (χ3v) is 4.55. The second-order valence-corrected chi connectivity index (χ2v) is 6.63. The highest BCUT2D eigenvalue weighted by atomic mass is 16.5. The number of hydrogen-bond acceptors (Lipinski definition) is 3. The van der Waals surface area contributed by atoms with Gasteiger partial charge in [0, 0.05) is 13.1 Å². The first-order valence-electron chi connectivity index (χ1n) is 9.44. The van der Waals surface area contributed by atoms with Gasteiger partial charge in [-0.05, 0) is 29.7 Å². The van der Waals surface area contributed by atoms with Crippen LogP contribution in [0.1, 0.15) is 21.5 Å². The summed E-state index contributed by atoms with van der Waals surface area (Å²) in [6.45, 7) is 0.796. The van der Waals surface area contributed by atoms with Crippen molar-refractivity contribution in [1.29, 1.82) is 0 Å². The fraction of sp³-hybridized carbons (Fsp3) is 0.167. The number of aromatic carboxylic acids is 1. The molecule has 5 nitrogen and oxygen atoms in total. The fourth-order valence-corrected chi connectivity index (χ4v) is 3.00. The van der Waals surface area contributed by atoms with Gasteiger partial charge in [0.2, 0.25) is 0 Å². The number of para-hydroxylation sites is 1. The van der Waals surface area contributed by atoms with Gasteiger partial charge in [-0.15, -0.1) is 0 Å². The lowest BCUT2D eigenvalue weighted by Gasteiger charge is -2.23. The number of rotatable bonds is 9. The molecule has 0 fully saturated rings. The number of carboxylic acid groups (broad SMARTS) is 1. The first-order valence-corrected chi connectivity index (χ1v) is 9.44. The number of benzene rings is 3. The van der Waals surface area contributed by atoms with Crippen molar-refractivity contribution in [3.8, 4) is 5.75 Å². The van der Waals surface area contributed by atoms with Crippen molar-refractivity contribution in [3.05, 3.63) is 102 Å². The normalized spacial score (nSPS) is 10.3. The lowest BCUT2D eigenvalue weighted by molar-refractivity contribution is -0.134. The summed E-state index contributed by atoms with van der Waals surface area (Å²) >= 11 is 0. The van der Waals surface area contributed by atoms with Crippen LogP contribution in [0.15, 0.2) is 84.9 Å². The third kappa shape index (κ3) is 5.94. The lowest BCUT2D eigenvalue weighted by atomic mass is 10.1. The standard InChI is InChI=1S/C24H23NO4/c26-23(18-29-22-14-8-7-13-21(22)24(27)28)25(17-20-11-5-2-6-12-20)16-15-19-9-3-1-4-10-19/h1-14H,15-18H2,(H,27,28). The van der Waals surface area contributed by atoms with Crippen molar-refractivity contribution in [2.45, 2.75) is 13.0 Å². The molecule has 0 bridgehead atoms. The zero-order valence-corrected chi connectivity index (χ0v) is 16.0. The summed E-state index contributed by atoms with van der Waals surface area (Å²) < 4.78 is 5.56. The predicted octanol–water partition coefficient (Wildman–Crippen LogP) is 4.04. The smallest absolute Gasteiger partial charge is 0.339 e. The quantitative estimate of drug-likeness (QED) is 0.600. The maximum Gasteiger partial charge on any atom is 0.339 e. The van der Waals surface area contributed by atoms with Gasteiger partial charge in [0.25, 0.3) is 5.91 Å². The zero-order valence-electron chi connectivity index (χ0n) is 16.0. The van der Waals surface area contributed by atoms with Crippen LogP contribution < -0.4 is 4.74 Å². The van der Waals surface area contributed by atoms with E-state index in [0.717, 1.165) is 17.5 Å². The van der Waals surface area contributed by atoms with Crippen LogP contribution in [0.3, 0.4) is 0 Å². The molecule has 0 saturated heterocycles. The molecule has 3 aromatic carbocycles. The number of ether oxygens (including phenoxy) is 1. The SMILES string of the molecule is O=C(O)c1ccccc1OCC(=O)N(CCc1ccccc1)Cc1ccccc1. The largest absolute Gasteiger partial charge is 0.483 e. The average molecular weight is 389 g/mol. The Bertz CT molecular complexity index is 941. The van der Waals surface area contributed by atoms with Gasteiger partial charge in [-0.2, -0.15) is 0 Å². The monoisotopic (exact) mass is 389 g/mol. The molecule has 0 radical (unpaired) electrons. The molecule has 0 atom stereocenters. The number of hydrogen-bond donors (Lipinski definition) is 1. The number of carbonyl (C=O) groups is 2. The molecular formula is C24H23NO4. The summed E-state index contributed by atoms with van der Waals surface area (Å²) in [6, 6.07) is 26.1. The van der Waals surface area contributed by atoms with Gasteiger partial charge in [-0.25, -0.2) is 4.79 Å². The van der Waals surface area contributed by atoms with E-state index in [2.05, 4.69) is 0 Å². The molecule has 0 aliphatic rings. The number of amides is 1. The molecule has 0 aliphatic heterocycles. The highest BCUT2D eigenvalue weighted by molar-refractivity contribution is 5.91. The predicted molar refractivity (Wildman–Crippen MR) is 111 cm³/mol. The molecule has 3 aromatic rings. The number of carboxylic acids is 1. The Morgan fingerprint density at radius 2 is 1.38 bits per heavy atom. The summed E-state index contributed by atoms with van der Waals surface area (Å²) in [5.74, 6) is -1.08. The van der Waals surface area contributed by atoms with E-state index >= 15 is 0 Å². The van der Waals surface area contributed by atoms with E-state index in [1.165, 1.54) is 6.07 Å². The van der Waals surface area contributed by atoms with Crippen molar-refractivity contribution in [1.82, 2.24) is 4.90 Å². The lowest BCUT2D eigenvalue weighted by Crippen LogP contribution is -2.36. The molecule has 1 amide bonds. The fourth-order valence-electron chi connectivity index (χ4n) is 3.00. The van der Waals surface area contributed by atoms with Crippen LogP contribution in [-0.2, 0) is 17.8 Å². The Morgan fingerprint density at radius 1 is 0.793 bits per heavy atom. The van der Waals surface area contributed by atoms with Crippen molar-refractivity contribution in [3.63, 3.8) is 0 Å². The van der Waals surface area contributed by atoms with Crippen LogP contribution >= 0.6 is 0 Å². The molecular weight excluding hydrogens is 366 g/mol. The Kier molecular flexibility index (Phi) is 7.00. The summed E-state index contributed by atoms with van der Waals surface area (Å²) in [4.78, 5) is 25.9. The number of nitrogens with zero attached hydrogens (tertiary/aromatic N) is 1. The topological polar surface area (TPSA) is 66.8 Å². The summed E-state index contributed by atoms with van der Waals surface area (Å²) in [5, 5.41) is 9.27. The van der Waals surface area contributed by atoms with E-state index < -0.39 is 5.97 Å². The van der Waals surface area contributed by atoms with E-state index in [-0.39, 0.29) is 23.8 Å². The van der Waals surface area contributed by atoms with Crippen LogP contribution in [0.2, 0.25) is 0 Å². The zero-order chi connectivity index (χ0) is 20.5. The van der Waals surface area contributed by atoms with Gasteiger partial charge < -0.3 is 14.7 Å². The minimum atomic E-state index is -1.08. The maximum atomic E-state index is 12.9. The molecule has 29 heavy (non-hydrogen) atoms. The molecule has 5 heteroatoms. The van der Waals surface area contributed by atoms with Crippen LogP contribution in [0.4, 0.5) is 0 Å². The molecule has 1 N–H and O–H groups in total. The van der Waals surface area contributed by atoms with E-state index in [1.54, 1.807) is 23.1 Å². The molecule has 148 valence electrons. The molecule has 0 aromatic heterocycles. The maximum absolute atomic E-state index is 12.9.